The van der Waals surface area contributed by atoms with Gasteiger partial charge >= 0.3 is 6.03 Å². The fraction of sp³-hybridized carbons (Fsp3) is 0.300. The molecule has 1 atom stereocenters. The molecule has 0 aromatic rings. The lowest BCUT2D eigenvalue weighted by molar-refractivity contribution is 0.211. The number of carbonyl (C=O) groups excluding carboxylic acids is 1. The monoisotopic (exact) mass is 205 g/mol. The Kier molecular flexibility index (Phi) is 2.47. The lowest BCUT2D eigenvalue weighted by atomic mass is 9.95. The van der Waals surface area contributed by atoms with Crippen LogP contribution in [-0.4, -0.2) is 40.7 Å². The van der Waals surface area contributed by atoms with Crippen molar-refractivity contribution < 1.29 is 9.90 Å². The Balaban J connectivity index is 2.33. The van der Waals surface area contributed by atoms with Crippen LogP contribution in [-0.2, 0) is 0 Å². The number of hydrogen-bond acceptors (Lipinski definition) is 3. The van der Waals surface area contributed by atoms with Crippen molar-refractivity contribution in [1.82, 2.24) is 4.90 Å². The lowest BCUT2D eigenvalue weighted by Crippen LogP contribution is -2.46. The van der Waals surface area contributed by atoms with Gasteiger partial charge in [0.05, 0.1) is 24.8 Å². The van der Waals surface area contributed by atoms with E-state index in [2.05, 4.69) is 4.99 Å². The number of rotatable bonds is 2. The Morgan fingerprint density at radius 1 is 1.53 bits per heavy atom. The zero-order chi connectivity index (χ0) is 10.8. The SMILES string of the molecule is N=C1C2C=CC=CC2=NC(=O)N1CCO. The van der Waals surface area contributed by atoms with E-state index in [-0.39, 0.29) is 24.9 Å². The van der Waals surface area contributed by atoms with Gasteiger partial charge in [-0.25, -0.2) is 4.79 Å². The molecule has 0 saturated carbocycles. The molecule has 0 bridgehead atoms. The Labute approximate surface area is 86.9 Å². The molecule has 1 aliphatic carbocycles. The van der Waals surface area contributed by atoms with E-state index in [1.807, 2.05) is 12.2 Å². The van der Waals surface area contributed by atoms with Gasteiger partial charge in [-0.2, -0.15) is 4.99 Å². The number of allylic oxidation sites excluding steroid dienone is 3. The van der Waals surface area contributed by atoms with Crippen molar-refractivity contribution in [1.29, 1.82) is 5.41 Å². The Hall–Kier alpha value is -1.75. The number of urea groups is 1. The summed E-state index contributed by atoms with van der Waals surface area (Å²) in [5, 5.41) is 16.6. The quantitative estimate of drug-likeness (QED) is 0.691. The molecule has 78 valence electrons. The van der Waals surface area contributed by atoms with E-state index in [1.54, 1.807) is 12.2 Å². The van der Waals surface area contributed by atoms with Crippen LogP contribution in [0, 0.1) is 11.3 Å². The van der Waals surface area contributed by atoms with Crippen molar-refractivity contribution >= 4 is 17.6 Å². The summed E-state index contributed by atoms with van der Waals surface area (Å²) in [6, 6.07) is -0.472. The van der Waals surface area contributed by atoms with Crippen LogP contribution < -0.4 is 0 Å². The molecule has 2 N–H and O–H groups in total. The number of nitrogens with one attached hydrogen (secondary N) is 1. The summed E-state index contributed by atoms with van der Waals surface area (Å²) in [5.74, 6) is -0.0705. The van der Waals surface area contributed by atoms with Crippen molar-refractivity contribution in [2.24, 2.45) is 10.9 Å². The molecule has 0 aromatic heterocycles. The summed E-state index contributed by atoms with van der Waals surface area (Å²) in [6.45, 7) is -0.0340. The van der Waals surface area contributed by atoms with Crippen molar-refractivity contribution in [2.45, 2.75) is 0 Å². The highest BCUT2D eigenvalue weighted by atomic mass is 16.3. The molecule has 1 unspecified atom stereocenters. The second-order valence-corrected chi connectivity index (χ2v) is 3.30. The second-order valence-electron chi connectivity index (χ2n) is 3.30. The summed E-state index contributed by atoms with van der Waals surface area (Å²) >= 11 is 0. The van der Waals surface area contributed by atoms with Crippen LogP contribution in [0.1, 0.15) is 0 Å². The summed E-state index contributed by atoms with van der Waals surface area (Å²) in [5.41, 5.74) is 0.599. The third-order valence-electron chi connectivity index (χ3n) is 2.36. The fourth-order valence-corrected chi connectivity index (χ4v) is 1.63. The van der Waals surface area contributed by atoms with Gasteiger partial charge in [-0.1, -0.05) is 18.2 Å². The van der Waals surface area contributed by atoms with Crippen molar-refractivity contribution in [3.8, 4) is 0 Å². The van der Waals surface area contributed by atoms with Gasteiger partial charge in [0, 0.05) is 0 Å². The van der Waals surface area contributed by atoms with Crippen molar-refractivity contribution in [3.63, 3.8) is 0 Å². The molecule has 15 heavy (non-hydrogen) atoms. The number of hydrogen-bond donors (Lipinski definition) is 2. The molecular formula is C10H11N3O2. The first-order valence-corrected chi connectivity index (χ1v) is 4.68. The highest BCUT2D eigenvalue weighted by Gasteiger charge is 2.31. The van der Waals surface area contributed by atoms with E-state index in [0.29, 0.717) is 5.71 Å². The molecule has 2 aliphatic rings. The van der Waals surface area contributed by atoms with Gasteiger partial charge in [0.1, 0.15) is 5.84 Å². The number of amidine groups is 1. The molecule has 2 amide bonds. The van der Waals surface area contributed by atoms with Crippen LogP contribution in [0.4, 0.5) is 4.79 Å². The van der Waals surface area contributed by atoms with E-state index < -0.39 is 6.03 Å². The smallest absolute Gasteiger partial charge is 0.349 e. The number of aliphatic hydroxyl groups excluding tert-OH is 1. The minimum atomic E-state index is -0.472. The number of amides is 2. The Bertz CT molecular complexity index is 395. The zero-order valence-corrected chi connectivity index (χ0v) is 8.05. The fourth-order valence-electron chi connectivity index (χ4n) is 1.63. The van der Waals surface area contributed by atoms with E-state index in [9.17, 15) is 4.79 Å². The van der Waals surface area contributed by atoms with E-state index >= 15 is 0 Å². The Morgan fingerprint density at radius 3 is 3.07 bits per heavy atom. The number of carbonyl (C=O) groups is 1. The average molecular weight is 205 g/mol. The van der Waals surface area contributed by atoms with E-state index in [4.69, 9.17) is 10.5 Å². The van der Waals surface area contributed by atoms with Crippen molar-refractivity contribution in [2.75, 3.05) is 13.2 Å². The molecule has 0 aromatic carbocycles. The molecule has 0 fully saturated rings. The highest BCUT2D eigenvalue weighted by Crippen LogP contribution is 2.19. The molecule has 0 spiro atoms. The summed E-state index contributed by atoms with van der Waals surface area (Å²) in [4.78, 5) is 16.5. The van der Waals surface area contributed by atoms with Crippen molar-refractivity contribution in [3.05, 3.63) is 24.3 Å². The number of fused-ring (bicyclic) bond motifs is 1. The lowest BCUT2D eigenvalue weighted by Gasteiger charge is -2.30. The Morgan fingerprint density at radius 2 is 2.33 bits per heavy atom. The van der Waals surface area contributed by atoms with Gasteiger partial charge in [0.25, 0.3) is 0 Å². The maximum atomic E-state index is 11.5. The van der Waals surface area contributed by atoms with Gasteiger partial charge in [0.2, 0.25) is 0 Å². The standard InChI is InChI=1S/C10H11N3O2/c11-9-7-3-1-2-4-8(7)12-10(15)13(9)5-6-14/h1-4,7,11,14H,5-6H2. The minimum Gasteiger partial charge on any atom is -0.395 e. The first-order chi connectivity index (χ1) is 7.24. The number of β-amino-alcohol motifs (C(OH)–C–C–N with tert-alkyl or cyclic N) is 1. The zero-order valence-electron chi connectivity index (χ0n) is 8.05. The molecule has 5 heteroatoms. The summed E-state index contributed by atoms with van der Waals surface area (Å²) in [6.07, 6.45) is 7.16. The molecule has 1 heterocycles. The van der Waals surface area contributed by atoms with Crippen LogP contribution in [0.15, 0.2) is 29.3 Å². The van der Waals surface area contributed by atoms with Gasteiger partial charge in [-0.15, -0.1) is 0 Å². The van der Waals surface area contributed by atoms with Gasteiger partial charge < -0.3 is 5.11 Å². The first-order valence-electron chi connectivity index (χ1n) is 4.68. The van der Waals surface area contributed by atoms with E-state index in [0.717, 1.165) is 0 Å². The largest absolute Gasteiger partial charge is 0.395 e. The van der Waals surface area contributed by atoms with Gasteiger partial charge in [-0.3, -0.25) is 10.3 Å². The predicted octanol–water partition coefficient (Wildman–Crippen LogP) is 0.575. The summed E-state index contributed by atoms with van der Waals surface area (Å²) < 4.78 is 0. The average Bonchev–Trinajstić information content (AvgIpc) is 2.24. The maximum absolute atomic E-state index is 11.5. The second kappa shape index (κ2) is 3.78. The molecule has 1 aliphatic heterocycles. The first kappa shape index (κ1) is 9.79. The summed E-state index contributed by atoms with van der Waals surface area (Å²) in [7, 11) is 0. The number of nitrogens with zero attached hydrogens (tertiary/aromatic N) is 2. The normalized spacial score (nSPS) is 24.2. The molecule has 0 saturated heterocycles. The highest BCUT2D eigenvalue weighted by molar-refractivity contribution is 6.22. The van der Waals surface area contributed by atoms with Crippen LogP contribution >= 0.6 is 0 Å². The van der Waals surface area contributed by atoms with Gasteiger partial charge in [-0.05, 0) is 6.08 Å². The van der Waals surface area contributed by atoms with Crippen LogP contribution in [0.25, 0.3) is 0 Å². The minimum absolute atomic E-state index is 0.127. The molecule has 2 rings (SSSR count). The predicted molar refractivity (Wildman–Crippen MR) is 56.1 cm³/mol. The maximum Gasteiger partial charge on any atom is 0.349 e. The third-order valence-corrected chi connectivity index (χ3v) is 2.36. The number of aliphatic hydroxyl groups is 1. The van der Waals surface area contributed by atoms with Gasteiger partial charge in [0.15, 0.2) is 0 Å². The number of aliphatic imine (C=N–C) groups is 1. The van der Waals surface area contributed by atoms with Crippen LogP contribution in [0.5, 0.6) is 0 Å². The molecule has 0 radical (unpaired) electrons. The molecule has 5 nitrogen and oxygen atoms in total. The molecular weight excluding hydrogens is 194 g/mol. The van der Waals surface area contributed by atoms with E-state index in [1.165, 1.54) is 4.90 Å². The third kappa shape index (κ3) is 1.61. The van der Waals surface area contributed by atoms with Crippen LogP contribution in [0.3, 0.4) is 0 Å². The topological polar surface area (TPSA) is 76.8 Å². The van der Waals surface area contributed by atoms with Crippen LogP contribution in [0.2, 0.25) is 0 Å².